The van der Waals surface area contributed by atoms with Crippen LogP contribution in [0.15, 0.2) is 36.4 Å². The zero-order chi connectivity index (χ0) is 21.3. The highest BCUT2D eigenvalue weighted by Crippen LogP contribution is 2.34. The van der Waals surface area contributed by atoms with Crippen molar-refractivity contribution in [1.29, 1.82) is 0 Å². The van der Waals surface area contributed by atoms with E-state index in [0.29, 0.717) is 36.6 Å². The van der Waals surface area contributed by atoms with Crippen LogP contribution in [0.2, 0.25) is 0 Å². The average Bonchev–Trinajstić information content (AvgIpc) is 2.78. The van der Waals surface area contributed by atoms with Crippen molar-refractivity contribution in [2.75, 3.05) is 32.2 Å². The number of carbonyl (C=O) groups is 2. The third-order valence-corrected chi connectivity index (χ3v) is 6.13. The topological polar surface area (TPSA) is 59.1 Å². The summed E-state index contributed by atoms with van der Waals surface area (Å²) in [7, 11) is 3.14. The number of hydrogen-bond donors (Lipinski definition) is 0. The maximum Gasteiger partial charge on any atom is 0.257 e. The molecule has 1 saturated heterocycles. The predicted molar refractivity (Wildman–Crippen MR) is 115 cm³/mol. The molecule has 2 aromatic carbocycles. The first kappa shape index (κ1) is 20.3. The van der Waals surface area contributed by atoms with E-state index in [1.54, 1.807) is 32.4 Å². The van der Waals surface area contributed by atoms with E-state index < -0.39 is 0 Å². The molecule has 2 heterocycles. The van der Waals surface area contributed by atoms with E-state index in [9.17, 15) is 9.59 Å². The summed E-state index contributed by atoms with van der Waals surface area (Å²) < 4.78 is 10.6. The van der Waals surface area contributed by atoms with Crippen LogP contribution in [-0.2, 0) is 11.2 Å². The average molecular weight is 408 g/mol. The molecule has 4 rings (SSSR count). The Morgan fingerprint density at radius 1 is 1.00 bits per heavy atom. The molecule has 158 valence electrons. The minimum Gasteiger partial charge on any atom is -0.497 e. The van der Waals surface area contributed by atoms with Gasteiger partial charge in [0.25, 0.3) is 5.91 Å². The molecule has 0 unspecified atom stereocenters. The molecular weight excluding hydrogens is 380 g/mol. The summed E-state index contributed by atoms with van der Waals surface area (Å²) in [6.07, 6.45) is 2.89. The molecule has 0 spiro atoms. The molecule has 2 aliphatic rings. The van der Waals surface area contributed by atoms with Crippen molar-refractivity contribution in [3.63, 3.8) is 0 Å². The summed E-state index contributed by atoms with van der Waals surface area (Å²) in [6, 6.07) is 11.7. The van der Waals surface area contributed by atoms with Crippen LogP contribution >= 0.6 is 0 Å². The Balaban J connectivity index is 1.49. The van der Waals surface area contributed by atoms with E-state index in [2.05, 4.69) is 25.1 Å². The Morgan fingerprint density at radius 2 is 1.77 bits per heavy atom. The second kappa shape index (κ2) is 8.38. The van der Waals surface area contributed by atoms with Crippen LogP contribution in [0.5, 0.6) is 11.5 Å². The standard InChI is InChI=1S/C24H28N2O4/c1-16-4-5-17-6-9-23(27)26(21(17)14-16)18-10-12-25(13-11-18)24(28)20-8-7-19(29-2)15-22(20)30-3/h4-5,7-8,14-15,18H,6,9-13H2,1-3H3. The van der Waals surface area contributed by atoms with Gasteiger partial charge in [0.05, 0.1) is 19.8 Å². The number of fused-ring (bicyclic) bond motifs is 1. The van der Waals surface area contributed by atoms with Crippen LogP contribution in [0.3, 0.4) is 0 Å². The Kier molecular flexibility index (Phi) is 5.66. The van der Waals surface area contributed by atoms with Gasteiger partial charge in [-0.3, -0.25) is 9.59 Å². The van der Waals surface area contributed by atoms with Gasteiger partial charge in [0.15, 0.2) is 0 Å². The molecule has 0 bridgehead atoms. The van der Waals surface area contributed by atoms with Crippen molar-refractivity contribution in [1.82, 2.24) is 4.90 Å². The van der Waals surface area contributed by atoms with Crippen LogP contribution in [0.1, 0.15) is 40.7 Å². The van der Waals surface area contributed by atoms with E-state index in [-0.39, 0.29) is 17.9 Å². The maximum absolute atomic E-state index is 13.1. The molecule has 2 amide bonds. The Labute approximate surface area is 177 Å². The van der Waals surface area contributed by atoms with Crippen LogP contribution in [-0.4, -0.2) is 50.1 Å². The fourth-order valence-corrected chi connectivity index (χ4v) is 4.48. The number of ether oxygens (including phenoxy) is 2. The summed E-state index contributed by atoms with van der Waals surface area (Å²) in [5.74, 6) is 1.31. The van der Waals surface area contributed by atoms with Gasteiger partial charge in [-0.2, -0.15) is 0 Å². The lowest BCUT2D eigenvalue weighted by atomic mass is 9.94. The van der Waals surface area contributed by atoms with E-state index in [0.717, 1.165) is 30.5 Å². The Bertz CT molecular complexity index is 964. The van der Waals surface area contributed by atoms with E-state index in [1.165, 1.54) is 5.56 Å². The molecule has 0 aromatic heterocycles. The molecular formula is C24H28N2O4. The van der Waals surface area contributed by atoms with Gasteiger partial charge >= 0.3 is 0 Å². The molecule has 1 fully saturated rings. The second-order valence-corrected chi connectivity index (χ2v) is 7.99. The first-order valence-corrected chi connectivity index (χ1v) is 10.4. The van der Waals surface area contributed by atoms with Crippen LogP contribution in [0.25, 0.3) is 0 Å². The number of likely N-dealkylation sites (tertiary alicyclic amines) is 1. The zero-order valence-electron chi connectivity index (χ0n) is 17.8. The molecule has 2 aliphatic heterocycles. The monoisotopic (exact) mass is 408 g/mol. The third kappa shape index (κ3) is 3.74. The van der Waals surface area contributed by atoms with Crippen LogP contribution < -0.4 is 14.4 Å². The predicted octanol–water partition coefficient (Wildman–Crippen LogP) is 3.60. The van der Waals surface area contributed by atoms with E-state index in [4.69, 9.17) is 9.47 Å². The lowest BCUT2D eigenvalue weighted by Gasteiger charge is -2.41. The van der Waals surface area contributed by atoms with Gasteiger partial charge in [-0.15, -0.1) is 0 Å². The maximum atomic E-state index is 13.1. The van der Waals surface area contributed by atoms with E-state index in [1.807, 2.05) is 9.80 Å². The number of benzene rings is 2. The van der Waals surface area contributed by atoms with Crippen molar-refractivity contribution in [3.05, 3.63) is 53.1 Å². The molecule has 6 nitrogen and oxygen atoms in total. The number of carbonyl (C=O) groups excluding carboxylic acids is 2. The largest absolute Gasteiger partial charge is 0.497 e. The molecule has 2 aromatic rings. The molecule has 0 radical (unpaired) electrons. The number of piperidine rings is 1. The molecule has 30 heavy (non-hydrogen) atoms. The quantitative estimate of drug-likeness (QED) is 0.776. The van der Waals surface area contributed by atoms with Gasteiger partial charge in [-0.25, -0.2) is 0 Å². The van der Waals surface area contributed by atoms with Gasteiger partial charge in [0, 0.05) is 37.3 Å². The summed E-state index contributed by atoms with van der Waals surface area (Å²) >= 11 is 0. The fraction of sp³-hybridized carbons (Fsp3) is 0.417. The Morgan fingerprint density at radius 3 is 2.47 bits per heavy atom. The van der Waals surface area contributed by atoms with Crippen LogP contribution in [0, 0.1) is 6.92 Å². The van der Waals surface area contributed by atoms with Crippen molar-refractivity contribution >= 4 is 17.5 Å². The van der Waals surface area contributed by atoms with Gasteiger partial charge < -0.3 is 19.3 Å². The van der Waals surface area contributed by atoms with Crippen molar-refractivity contribution in [2.24, 2.45) is 0 Å². The SMILES string of the molecule is COc1ccc(C(=O)N2CCC(N3C(=O)CCc4ccc(C)cc43)CC2)c(OC)c1. The van der Waals surface area contributed by atoms with Gasteiger partial charge in [-0.05, 0) is 55.5 Å². The van der Waals surface area contributed by atoms with Gasteiger partial charge in [-0.1, -0.05) is 12.1 Å². The lowest BCUT2D eigenvalue weighted by Crippen LogP contribution is -2.50. The summed E-state index contributed by atoms with van der Waals surface area (Å²) in [4.78, 5) is 29.7. The highest BCUT2D eigenvalue weighted by atomic mass is 16.5. The number of methoxy groups -OCH3 is 2. The normalized spacial score (nSPS) is 17.0. The molecule has 0 aliphatic carbocycles. The highest BCUT2D eigenvalue weighted by molar-refractivity contribution is 5.98. The summed E-state index contributed by atoms with van der Waals surface area (Å²) in [6.45, 7) is 3.29. The van der Waals surface area contributed by atoms with Crippen LogP contribution in [0.4, 0.5) is 5.69 Å². The molecule has 0 N–H and O–H groups in total. The van der Waals surface area contributed by atoms with Gasteiger partial charge in [0.2, 0.25) is 5.91 Å². The number of amides is 2. The minimum absolute atomic E-state index is 0.0471. The molecule has 0 atom stereocenters. The van der Waals surface area contributed by atoms with Gasteiger partial charge in [0.1, 0.15) is 11.5 Å². The number of hydrogen-bond acceptors (Lipinski definition) is 4. The van der Waals surface area contributed by atoms with E-state index >= 15 is 0 Å². The third-order valence-electron chi connectivity index (χ3n) is 6.13. The number of aryl methyl sites for hydroxylation is 2. The first-order valence-electron chi connectivity index (χ1n) is 10.4. The summed E-state index contributed by atoms with van der Waals surface area (Å²) in [5, 5.41) is 0. The highest BCUT2D eigenvalue weighted by Gasteiger charge is 2.34. The molecule has 0 saturated carbocycles. The molecule has 6 heteroatoms. The number of anilines is 1. The number of nitrogens with zero attached hydrogens (tertiary/aromatic N) is 2. The second-order valence-electron chi connectivity index (χ2n) is 7.99. The summed E-state index contributed by atoms with van der Waals surface area (Å²) in [5.41, 5.74) is 3.98. The first-order chi connectivity index (χ1) is 14.5. The van der Waals surface area contributed by atoms with Crippen molar-refractivity contribution < 1.29 is 19.1 Å². The fourth-order valence-electron chi connectivity index (χ4n) is 4.48. The number of rotatable bonds is 4. The lowest BCUT2D eigenvalue weighted by molar-refractivity contribution is -0.119. The minimum atomic E-state index is -0.0471. The Hall–Kier alpha value is -3.02. The van der Waals surface area contributed by atoms with Crippen molar-refractivity contribution in [3.8, 4) is 11.5 Å². The smallest absolute Gasteiger partial charge is 0.257 e. The zero-order valence-corrected chi connectivity index (χ0v) is 17.8. The van der Waals surface area contributed by atoms with Crippen molar-refractivity contribution in [2.45, 2.75) is 38.6 Å².